The first-order chi connectivity index (χ1) is 11.2. The van der Waals surface area contributed by atoms with E-state index in [4.69, 9.17) is 21.1 Å². The second-order valence-electron chi connectivity index (χ2n) is 5.27. The molecule has 1 aromatic heterocycles. The molecule has 0 N–H and O–H groups in total. The van der Waals surface area contributed by atoms with Gasteiger partial charge in [0.1, 0.15) is 10.9 Å². The smallest absolute Gasteiger partial charge is 0.293 e. The normalized spacial score (nSPS) is 14.8. The molecule has 2 aromatic rings. The number of nitrogens with zero attached hydrogens (tertiary/aromatic N) is 3. The van der Waals surface area contributed by atoms with E-state index < -0.39 is 0 Å². The number of rotatable bonds is 4. The van der Waals surface area contributed by atoms with Crippen LogP contribution in [0, 0.1) is 0 Å². The number of aromatic nitrogens is 2. The Hall–Kier alpha value is -2.05. The summed E-state index contributed by atoms with van der Waals surface area (Å²) in [4.78, 5) is 18.8. The molecule has 1 fully saturated rings. The average molecular weight is 336 g/mol. The molecule has 0 atom stereocenters. The predicted octanol–water partition coefficient (Wildman–Crippen LogP) is 1.79. The van der Waals surface area contributed by atoms with E-state index >= 15 is 0 Å². The molecule has 0 bridgehead atoms. The summed E-state index contributed by atoms with van der Waals surface area (Å²) >= 11 is 6.11. The number of methoxy groups -OCH3 is 1. The van der Waals surface area contributed by atoms with Gasteiger partial charge in [-0.3, -0.25) is 4.79 Å². The summed E-state index contributed by atoms with van der Waals surface area (Å²) in [6.07, 6.45) is 1.57. The zero-order valence-electron chi connectivity index (χ0n) is 12.9. The second-order valence-corrected chi connectivity index (χ2v) is 5.66. The molecule has 0 radical (unpaired) electrons. The third-order valence-corrected chi connectivity index (χ3v) is 3.93. The van der Waals surface area contributed by atoms with Crippen molar-refractivity contribution in [3.63, 3.8) is 0 Å². The Morgan fingerprint density at radius 2 is 1.96 bits per heavy atom. The lowest BCUT2D eigenvalue weighted by Gasteiger charge is -2.27. The maximum Gasteiger partial charge on any atom is 0.293 e. The van der Waals surface area contributed by atoms with Gasteiger partial charge in [0.2, 0.25) is 0 Å². The summed E-state index contributed by atoms with van der Waals surface area (Å²) in [5, 5.41) is 0.305. The third kappa shape index (κ3) is 3.65. The number of anilines is 1. The molecular formula is C16H18ClN3O3. The lowest BCUT2D eigenvalue weighted by molar-refractivity contribution is 0.122. The zero-order chi connectivity index (χ0) is 16.2. The molecule has 0 aliphatic carbocycles. The van der Waals surface area contributed by atoms with Crippen molar-refractivity contribution in [2.45, 2.75) is 6.54 Å². The maximum atomic E-state index is 12.7. The first-order valence-electron chi connectivity index (χ1n) is 7.40. The van der Waals surface area contributed by atoms with Crippen molar-refractivity contribution in [2.75, 3.05) is 38.3 Å². The van der Waals surface area contributed by atoms with Crippen molar-refractivity contribution in [2.24, 2.45) is 0 Å². The van der Waals surface area contributed by atoms with Crippen LogP contribution in [0.5, 0.6) is 5.75 Å². The summed E-state index contributed by atoms with van der Waals surface area (Å²) in [5.41, 5.74) is 0.843. The molecule has 23 heavy (non-hydrogen) atoms. The van der Waals surface area contributed by atoms with Crippen LogP contribution >= 0.6 is 11.6 Å². The third-order valence-electron chi connectivity index (χ3n) is 3.75. The highest BCUT2D eigenvalue weighted by Gasteiger charge is 2.18. The fourth-order valence-corrected chi connectivity index (χ4v) is 2.72. The van der Waals surface area contributed by atoms with Crippen molar-refractivity contribution in [3.8, 4) is 5.75 Å². The molecule has 1 aliphatic heterocycles. The molecular weight excluding hydrogens is 318 g/mol. The highest BCUT2D eigenvalue weighted by Crippen LogP contribution is 2.15. The number of hydrogen-bond acceptors (Lipinski definition) is 5. The molecule has 3 rings (SSSR count). The molecule has 2 heterocycles. The van der Waals surface area contributed by atoms with Crippen molar-refractivity contribution >= 4 is 17.4 Å². The quantitative estimate of drug-likeness (QED) is 0.852. The van der Waals surface area contributed by atoms with Crippen LogP contribution in [-0.4, -0.2) is 43.0 Å². The van der Waals surface area contributed by atoms with Crippen LogP contribution in [0.4, 0.5) is 5.82 Å². The molecule has 1 saturated heterocycles. The van der Waals surface area contributed by atoms with Crippen LogP contribution in [0.1, 0.15) is 5.56 Å². The zero-order valence-corrected chi connectivity index (χ0v) is 13.6. The Bertz CT molecular complexity index is 724. The van der Waals surface area contributed by atoms with Gasteiger partial charge in [-0.1, -0.05) is 23.7 Å². The lowest BCUT2D eigenvalue weighted by atomic mass is 10.2. The lowest BCUT2D eigenvalue weighted by Crippen LogP contribution is -2.41. The van der Waals surface area contributed by atoms with Gasteiger partial charge in [0.15, 0.2) is 5.82 Å². The van der Waals surface area contributed by atoms with E-state index in [9.17, 15) is 4.79 Å². The van der Waals surface area contributed by atoms with Gasteiger partial charge in [-0.15, -0.1) is 0 Å². The minimum atomic E-state index is -0.146. The Morgan fingerprint density at radius 1 is 1.26 bits per heavy atom. The van der Waals surface area contributed by atoms with E-state index in [-0.39, 0.29) is 5.56 Å². The van der Waals surface area contributed by atoms with Crippen LogP contribution in [0.15, 0.2) is 35.3 Å². The van der Waals surface area contributed by atoms with Crippen molar-refractivity contribution in [1.82, 2.24) is 9.55 Å². The Balaban J connectivity index is 1.89. The number of morpholine rings is 1. The molecule has 0 saturated carbocycles. The summed E-state index contributed by atoms with van der Waals surface area (Å²) in [6.45, 7) is 2.90. The van der Waals surface area contributed by atoms with Gasteiger partial charge in [0.25, 0.3) is 5.56 Å². The van der Waals surface area contributed by atoms with E-state index in [0.29, 0.717) is 43.8 Å². The average Bonchev–Trinajstić information content (AvgIpc) is 2.59. The van der Waals surface area contributed by atoms with E-state index in [2.05, 4.69) is 4.98 Å². The molecule has 1 aromatic carbocycles. The van der Waals surface area contributed by atoms with Crippen LogP contribution in [0.3, 0.4) is 0 Å². The summed E-state index contributed by atoms with van der Waals surface area (Å²) in [6, 6.07) is 7.58. The van der Waals surface area contributed by atoms with E-state index in [1.54, 1.807) is 17.9 Å². The standard InChI is InChI=1S/C16H18ClN3O3/c1-22-13-4-2-12(3-5-13)10-20-11-14(17)18-15(16(20)21)19-6-8-23-9-7-19/h2-5,11H,6-10H2,1H3. The number of benzene rings is 1. The van der Waals surface area contributed by atoms with Crippen LogP contribution < -0.4 is 15.2 Å². The van der Waals surface area contributed by atoms with Gasteiger partial charge in [-0.05, 0) is 17.7 Å². The Labute approximate surface area is 139 Å². The topological polar surface area (TPSA) is 56.6 Å². The van der Waals surface area contributed by atoms with E-state index in [1.807, 2.05) is 29.2 Å². The fraction of sp³-hybridized carbons (Fsp3) is 0.375. The Morgan fingerprint density at radius 3 is 2.61 bits per heavy atom. The molecule has 0 unspecified atom stereocenters. The largest absolute Gasteiger partial charge is 0.497 e. The van der Waals surface area contributed by atoms with Crippen LogP contribution in [0.2, 0.25) is 5.15 Å². The van der Waals surface area contributed by atoms with Gasteiger partial charge in [-0.25, -0.2) is 4.98 Å². The minimum absolute atomic E-state index is 0.146. The van der Waals surface area contributed by atoms with Gasteiger partial charge in [-0.2, -0.15) is 0 Å². The summed E-state index contributed by atoms with van der Waals surface area (Å²) < 4.78 is 12.0. The molecule has 0 amide bonds. The van der Waals surface area contributed by atoms with Gasteiger partial charge in [0.05, 0.1) is 26.9 Å². The van der Waals surface area contributed by atoms with E-state index in [0.717, 1.165) is 11.3 Å². The minimum Gasteiger partial charge on any atom is -0.497 e. The van der Waals surface area contributed by atoms with Crippen molar-refractivity contribution < 1.29 is 9.47 Å². The molecule has 1 aliphatic rings. The van der Waals surface area contributed by atoms with Crippen molar-refractivity contribution in [3.05, 3.63) is 51.5 Å². The number of hydrogen-bond donors (Lipinski definition) is 0. The predicted molar refractivity (Wildman–Crippen MR) is 88.6 cm³/mol. The SMILES string of the molecule is COc1ccc(Cn2cc(Cl)nc(N3CCOCC3)c2=O)cc1. The van der Waals surface area contributed by atoms with E-state index in [1.165, 1.54) is 0 Å². The van der Waals surface area contributed by atoms with Gasteiger partial charge < -0.3 is 18.9 Å². The highest BCUT2D eigenvalue weighted by molar-refractivity contribution is 6.29. The molecule has 6 nitrogen and oxygen atoms in total. The van der Waals surface area contributed by atoms with Crippen LogP contribution in [0.25, 0.3) is 0 Å². The maximum absolute atomic E-state index is 12.7. The number of halogens is 1. The summed E-state index contributed by atoms with van der Waals surface area (Å²) in [5.74, 6) is 1.16. The van der Waals surface area contributed by atoms with Gasteiger partial charge in [0, 0.05) is 19.3 Å². The Kier molecular flexibility index (Phi) is 4.83. The fourth-order valence-electron chi connectivity index (χ4n) is 2.52. The first kappa shape index (κ1) is 15.8. The van der Waals surface area contributed by atoms with Crippen molar-refractivity contribution in [1.29, 1.82) is 0 Å². The van der Waals surface area contributed by atoms with Gasteiger partial charge >= 0.3 is 0 Å². The monoisotopic (exact) mass is 335 g/mol. The second kappa shape index (κ2) is 7.02. The summed E-state index contributed by atoms with van der Waals surface area (Å²) in [7, 11) is 1.62. The molecule has 7 heteroatoms. The molecule has 122 valence electrons. The number of ether oxygens (including phenoxy) is 2. The first-order valence-corrected chi connectivity index (χ1v) is 7.78. The van der Waals surface area contributed by atoms with Crippen LogP contribution in [-0.2, 0) is 11.3 Å². The highest BCUT2D eigenvalue weighted by atomic mass is 35.5. The molecule has 0 spiro atoms.